The molecule has 5 heteroatoms. The number of aliphatic carboxylic acids is 1. The van der Waals surface area contributed by atoms with E-state index in [1.807, 2.05) is 35.8 Å². The number of aromatic nitrogens is 3. The number of benzene rings is 1. The maximum atomic E-state index is 10.5. The van der Waals surface area contributed by atoms with Gasteiger partial charge in [-0.05, 0) is 31.0 Å². The van der Waals surface area contributed by atoms with E-state index in [0.29, 0.717) is 6.42 Å². The summed E-state index contributed by atoms with van der Waals surface area (Å²) in [5, 5.41) is 16.4. The van der Waals surface area contributed by atoms with E-state index in [2.05, 4.69) is 10.2 Å². The molecule has 0 aliphatic heterocycles. The lowest BCUT2D eigenvalue weighted by Crippen LogP contribution is -1.99. The highest BCUT2D eigenvalue weighted by atomic mass is 16.4. The Morgan fingerprint density at radius 3 is 2.94 bits per heavy atom. The lowest BCUT2D eigenvalue weighted by Gasteiger charge is -2.06. The Hall–Kier alpha value is -2.17. The van der Waals surface area contributed by atoms with Crippen LogP contribution in [-0.4, -0.2) is 25.8 Å². The number of nitrogens with zero attached hydrogens (tertiary/aromatic N) is 3. The molecule has 0 aliphatic carbocycles. The molecule has 1 N–H and O–H groups in total. The number of carboxylic acids is 1. The Morgan fingerprint density at radius 1 is 1.47 bits per heavy atom. The van der Waals surface area contributed by atoms with Crippen LogP contribution in [0.5, 0.6) is 0 Å². The Kier molecular flexibility index (Phi) is 3.18. The van der Waals surface area contributed by atoms with Gasteiger partial charge in [-0.25, -0.2) is 0 Å². The molecule has 0 atom stereocenters. The average molecular weight is 231 g/mol. The molecule has 0 radical (unpaired) electrons. The third-order valence-corrected chi connectivity index (χ3v) is 2.53. The Bertz CT molecular complexity index is 534. The van der Waals surface area contributed by atoms with E-state index in [0.717, 1.165) is 17.1 Å². The van der Waals surface area contributed by atoms with E-state index in [9.17, 15) is 4.79 Å². The molecule has 0 unspecified atom stereocenters. The number of carboxylic acid groups (broad SMARTS) is 1. The smallest absolute Gasteiger partial charge is 0.303 e. The van der Waals surface area contributed by atoms with Gasteiger partial charge < -0.3 is 5.11 Å². The molecule has 0 amide bonds. The number of hydrogen-bond acceptors (Lipinski definition) is 3. The Morgan fingerprint density at radius 2 is 2.29 bits per heavy atom. The maximum Gasteiger partial charge on any atom is 0.303 e. The standard InChI is InChI=1S/C12H13N3O2/c1-9-14-13-8-15(9)11-4-2-3-10(7-11)5-6-12(16)17/h2-4,7-8H,5-6H2,1H3,(H,16,17). The van der Waals surface area contributed by atoms with Gasteiger partial charge in [0, 0.05) is 12.1 Å². The summed E-state index contributed by atoms with van der Waals surface area (Å²) < 4.78 is 1.87. The summed E-state index contributed by atoms with van der Waals surface area (Å²) in [5.41, 5.74) is 1.95. The van der Waals surface area contributed by atoms with Crippen molar-refractivity contribution in [1.82, 2.24) is 14.8 Å². The van der Waals surface area contributed by atoms with Crippen LogP contribution in [0.3, 0.4) is 0 Å². The SMILES string of the molecule is Cc1nncn1-c1cccc(CCC(=O)O)c1. The highest BCUT2D eigenvalue weighted by Crippen LogP contribution is 2.13. The average Bonchev–Trinajstić information content (AvgIpc) is 2.73. The monoisotopic (exact) mass is 231 g/mol. The molecule has 1 aromatic carbocycles. The molecule has 0 fully saturated rings. The summed E-state index contributed by atoms with van der Waals surface area (Å²) >= 11 is 0. The second-order valence-corrected chi connectivity index (χ2v) is 3.81. The summed E-state index contributed by atoms with van der Waals surface area (Å²) in [4.78, 5) is 10.5. The molecular weight excluding hydrogens is 218 g/mol. The third kappa shape index (κ3) is 2.69. The van der Waals surface area contributed by atoms with Crippen molar-refractivity contribution in [3.8, 4) is 5.69 Å². The van der Waals surface area contributed by atoms with Gasteiger partial charge in [-0.3, -0.25) is 9.36 Å². The van der Waals surface area contributed by atoms with E-state index in [1.54, 1.807) is 6.33 Å². The number of hydrogen-bond donors (Lipinski definition) is 1. The second-order valence-electron chi connectivity index (χ2n) is 3.81. The predicted molar refractivity (Wildman–Crippen MR) is 62.1 cm³/mol. The van der Waals surface area contributed by atoms with Crippen molar-refractivity contribution in [2.24, 2.45) is 0 Å². The molecule has 2 aromatic rings. The van der Waals surface area contributed by atoms with E-state index >= 15 is 0 Å². The van der Waals surface area contributed by atoms with E-state index in [4.69, 9.17) is 5.11 Å². The zero-order chi connectivity index (χ0) is 12.3. The van der Waals surface area contributed by atoms with Gasteiger partial charge in [0.1, 0.15) is 12.2 Å². The molecule has 0 aliphatic rings. The molecule has 17 heavy (non-hydrogen) atoms. The fraction of sp³-hybridized carbons (Fsp3) is 0.250. The summed E-state index contributed by atoms with van der Waals surface area (Å²) in [5.74, 6) is 0.0243. The minimum Gasteiger partial charge on any atom is -0.481 e. The van der Waals surface area contributed by atoms with Gasteiger partial charge in [0.15, 0.2) is 0 Å². The van der Waals surface area contributed by atoms with Crippen LogP contribution in [0, 0.1) is 6.92 Å². The first-order chi connectivity index (χ1) is 8.16. The van der Waals surface area contributed by atoms with Gasteiger partial charge >= 0.3 is 5.97 Å². The molecule has 0 bridgehead atoms. The molecule has 1 heterocycles. The molecule has 88 valence electrons. The highest BCUT2D eigenvalue weighted by molar-refractivity contribution is 5.67. The molecule has 0 saturated carbocycles. The van der Waals surface area contributed by atoms with Crippen LogP contribution in [0.4, 0.5) is 0 Å². The van der Waals surface area contributed by atoms with Crippen LogP contribution < -0.4 is 0 Å². The van der Waals surface area contributed by atoms with Crippen molar-refractivity contribution in [2.45, 2.75) is 19.8 Å². The molecule has 0 spiro atoms. The van der Waals surface area contributed by atoms with Gasteiger partial charge in [-0.2, -0.15) is 0 Å². The van der Waals surface area contributed by atoms with Crippen molar-refractivity contribution >= 4 is 5.97 Å². The third-order valence-electron chi connectivity index (χ3n) is 2.53. The fourth-order valence-electron chi connectivity index (χ4n) is 1.66. The van der Waals surface area contributed by atoms with Crippen molar-refractivity contribution in [1.29, 1.82) is 0 Å². The van der Waals surface area contributed by atoms with Crippen molar-refractivity contribution < 1.29 is 9.90 Å². The van der Waals surface area contributed by atoms with Crippen molar-refractivity contribution in [3.63, 3.8) is 0 Å². The number of aryl methyl sites for hydroxylation is 2. The van der Waals surface area contributed by atoms with Crippen LogP contribution in [0.1, 0.15) is 17.8 Å². The van der Waals surface area contributed by atoms with Gasteiger partial charge in [-0.15, -0.1) is 10.2 Å². The Balaban J connectivity index is 2.23. The van der Waals surface area contributed by atoms with E-state index < -0.39 is 5.97 Å². The second kappa shape index (κ2) is 4.78. The predicted octanol–water partition coefficient (Wildman–Crippen LogP) is 1.59. The first kappa shape index (κ1) is 11.3. The lowest BCUT2D eigenvalue weighted by atomic mass is 10.1. The normalized spacial score (nSPS) is 10.4. The van der Waals surface area contributed by atoms with Crippen molar-refractivity contribution in [3.05, 3.63) is 42.0 Å². The zero-order valence-electron chi connectivity index (χ0n) is 9.50. The number of carbonyl (C=O) groups is 1. The van der Waals surface area contributed by atoms with E-state index in [1.165, 1.54) is 0 Å². The minimum atomic E-state index is -0.782. The largest absolute Gasteiger partial charge is 0.481 e. The molecule has 5 nitrogen and oxygen atoms in total. The summed E-state index contributed by atoms with van der Waals surface area (Å²) in [7, 11) is 0. The van der Waals surface area contributed by atoms with Gasteiger partial charge in [-0.1, -0.05) is 12.1 Å². The van der Waals surface area contributed by atoms with Crippen LogP contribution in [0.2, 0.25) is 0 Å². The number of rotatable bonds is 4. The lowest BCUT2D eigenvalue weighted by molar-refractivity contribution is -0.136. The van der Waals surface area contributed by atoms with E-state index in [-0.39, 0.29) is 6.42 Å². The van der Waals surface area contributed by atoms with Crippen molar-refractivity contribution in [2.75, 3.05) is 0 Å². The zero-order valence-corrected chi connectivity index (χ0v) is 9.50. The fourth-order valence-corrected chi connectivity index (χ4v) is 1.66. The highest BCUT2D eigenvalue weighted by Gasteiger charge is 2.04. The van der Waals surface area contributed by atoms with Crippen LogP contribution in [0.25, 0.3) is 5.69 Å². The first-order valence-corrected chi connectivity index (χ1v) is 5.34. The minimum absolute atomic E-state index is 0.143. The molecule has 2 rings (SSSR count). The van der Waals surface area contributed by atoms with Crippen LogP contribution >= 0.6 is 0 Å². The Labute approximate surface area is 98.7 Å². The summed E-state index contributed by atoms with van der Waals surface area (Å²) in [6.45, 7) is 1.87. The van der Waals surface area contributed by atoms with Gasteiger partial charge in [0.25, 0.3) is 0 Å². The van der Waals surface area contributed by atoms with Crippen LogP contribution in [-0.2, 0) is 11.2 Å². The maximum absolute atomic E-state index is 10.5. The van der Waals surface area contributed by atoms with Crippen LogP contribution in [0.15, 0.2) is 30.6 Å². The molecule has 0 saturated heterocycles. The summed E-state index contributed by atoms with van der Waals surface area (Å²) in [6.07, 6.45) is 2.32. The molecule has 1 aromatic heterocycles. The topological polar surface area (TPSA) is 68.0 Å². The summed E-state index contributed by atoms with van der Waals surface area (Å²) in [6, 6.07) is 7.73. The molecular formula is C12H13N3O2. The first-order valence-electron chi connectivity index (χ1n) is 5.34. The van der Waals surface area contributed by atoms with Gasteiger partial charge in [0.05, 0.1) is 0 Å². The quantitative estimate of drug-likeness (QED) is 0.867. The van der Waals surface area contributed by atoms with Gasteiger partial charge in [0.2, 0.25) is 0 Å².